The number of hydrogen-bond donors (Lipinski definition) is 2. The number of hydrogen-bond acceptors (Lipinski definition) is 2. The first-order chi connectivity index (χ1) is 11.9. The van der Waals surface area contributed by atoms with Gasteiger partial charge >= 0.3 is 0 Å². The smallest absolute Gasteiger partial charge is 0.225 e. The number of nitrogens with zero attached hydrogens (tertiary/aromatic N) is 2. The largest absolute Gasteiger partial charge is 0.354 e. The van der Waals surface area contributed by atoms with Gasteiger partial charge in [0.2, 0.25) is 5.91 Å². The number of amides is 1. The molecule has 1 amide bonds. The van der Waals surface area contributed by atoms with Gasteiger partial charge in [-0.2, -0.15) is 0 Å². The molecule has 2 rings (SSSR count). The Bertz CT molecular complexity index is 632. The number of guanidine groups is 1. The molecule has 26 heavy (non-hydrogen) atoms. The van der Waals surface area contributed by atoms with E-state index in [0.717, 1.165) is 25.0 Å². The van der Waals surface area contributed by atoms with E-state index in [0.29, 0.717) is 19.0 Å². The number of rotatable bonds is 4. The number of likely N-dealkylation sites (tertiary alicyclic amines) is 1. The second-order valence-electron chi connectivity index (χ2n) is 6.56. The summed E-state index contributed by atoms with van der Waals surface area (Å²) >= 11 is 0. The molecule has 0 bridgehead atoms. The van der Waals surface area contributed by atoms with E-state index in [2.05, 4.69) is 15.6 Å². The van der Waals surface area contributed by atoms with Crippen molar-refractivity contribution in [3.8, 4) is 0 Å². The van der Waals surface area contributed by atoms with Crippen LogP contribution in [0.25, 0.3) is 0 Å². The highest BCUT2D eigenvalue weighted by Crippen LogP contribution is 2.13. The molecule has 8 heteroatoms. The minimum Gasteiger partial charge on any atom is -0.354 e. The van der Waals surface area contributed by atoms with Gasteiger partial charge in [0.1, 0.15) is 11.6 Å². The zero-order valence-corrected chi connectivity index (χ0v) is 17.7. The number of aliphatic imine (C=N–C) groups is 1. The van der Waals surface area contributed by atoms with Crippen LogP contribution in [0.1, 0.15) is 32.3 Å². The highest BCUT2D eigenvalue weighted by Gasteiger charge is 2.24. The van der Waals surface area contributed by atoms with Gasteiger partial charge in [-0.05, 0) is 31.0 Å². The molecule has 5 nitrogen and oxygen atoms in total. The summed E-state index contributed by atoms with van der Waals surface area (Å²) in [5, 5.41) is 6.29. The molecule has 0 unspecified atom stereocenters. The SMILES string of the molecule is CN=C(NCc1cc(F)ccc1F)NC1CCN(C(=O)C(C)C)CC1.I. The Hall–Kier alpha value is -1.45. The lowest BCUT2D eigenvalue weighted by Gasteiger charge is -2.34. The number of benzene rings is 1. The molecule has 1 aromatic rings. The fraction of sp³-hybridized carbons (Fsp3) is 0.556. The van der Waals surface area contributed by atoms with E-state index in [9.17, 15) is 13.6 Å². The fourth-order valence-corrected chi connectivity index (χ4v) is 2.86. The highest BCUT2D eigenvalue weighted by molar-refractivity contribution is 14.0. The first kappa shape index (κ1) is 22.6. The topological polar surface area (TPSA) is 56.7 Å². The lowest BCUT2D eigenvalue weighted by Crippen LogP contribution is -2.50. The molecule has 1 aromatic carbocycles. The molecule has 0 atom stereocenters. The van der Waals surface area contributed by atoms with Gasteiger partial charge in [-0.1, -0.05) is 13.8 Å². The van der Waals surface area contributed by atoms with Crippen molar-refractivity contribution in [3.63, 3.8) is 0 Å². The molecule has 0 spiro atoms. The second-order valence-corrected chi connectivity index (χ2v) is 6.56. The lowest BCUT2D eigenvalue weighted by molar-refractivity contribution is -0.135. The van der Waals surface area contributed by atoms with Crippen molar-refractivity contribution in [1.82, 2.24) is 15.5 Å². The van der Waals surface area contributed by atoms with Crippen LogP contribution in [0.2, 0.25) is 0 Å². The Morgan fingerprint density at radius 1 is 1.31 bits per heavy atom. The molecule has 0 aliphatic carbocycles. The third-order valence-electron chi connectivity index (χ3n) is 4.32. The molecule has 1 aliphatic heterocycles. The van der Waals surface area contributed by atoms with Gasteiger partial charge in [-0.25, -0.2) is 8.78 Å². The van der Waals surface area contributed by atoms with Crippen LogP contribution in [-0.4, -0.2) is 42.9 Å². The molecule has 1 fully saturated rings. The van der Waals surface area contributed by atoms with Crippen LogP contribution in [0.15, 0.2) is 23.2 Å². The highest BCUT2D eigenvalue weighted by atomic mass is 127. The monoisotopic (exact) mass is 480 g/mol. The van der Waals surface area contributed by atoms with Crippen molar-refractivity contribution >= 4 is 35.8 Å². The number of halogens is 3. The number of carbonyl (C=O) groups excluding carboxylic acids is 1. The Morgan fingerprint density at radius 2 is 1.96 bits per heavy atom. The second kappa shape index (κ2) is 10.6. The van der Waals surface area contributed by atoms with Gasteiger partial charge in [0.25, 0.3) is 0 Å². The van der Waals surface area contributed by atoms with Crippen molar-refractivity contribution in [2.24, 2.45) is 10.9 Å². The van der Waals surface area contributed by atoms with Gasteiger partial charge in [0, 0.05) is 44.2 Å². The molecular formula is C18H27F2IN4O. The molecule has 0 saturated carbocycles. The average Bonchev–Trinajstić information content (AvgIpc) is 2.61. The summed E-state index contributed by atoms with van der Waals surface area (Å²) in [6.07, 6.45) is 1.65. The Morgan fingerprint density at radius 3 is 2.54 bits per heavy atom. The maximum Gasteiger partial charge on any atom is 0.225 e. The van der Waals surface area contributed by atoms with Crippen molar-refractivity contribution in [3.05, 3.63) is 35.4 Å². The van der Waals surface area contributed by atoms with Crippen LogP contribution >= 0.6 is 24.0 Å². The molecule has 146 valence electrons. The summed E-state index contributed by atoms with van der Waals surface area (Å²) in [6.45, 7) is 5.39. The molecule has 2 N–H and O–H groups in total. The van der Waals surface area contributed by atoms with Gasteiger partial charge in [0.05, 0.1) is 0 Å². The molecule has 1 heterocycles. The van der Waals surface area contributed by atoms with Gasteiger partial charge < -0.3 is 15.5 Å². The van der Waals surface area contributed by atoms with Crippen molar-refractivity contribution in [1.29, 1.82) is 0 Å². The standard InChI is InChI=1S/C18H26F2N4O.HI/c1-12(2)17(25)24-8-6-15(7-9-24)23-18(21-3)22-11-13-10-14(19)4-5-16(13)20;/h4-5,10,12,15H,6-9,11H2,1-3H3,(H2,21,22,23);1H. The normalized spacial score (nSPS) is 15.6. The molecule has 0 radical (unpaired) electrons. The van der Waals surface area contributed by atoms with Crippen molar-refractivity contribution in [2.75, 3.05) is 20.1 Å². The summed E-state index contributed by atoms with van der Waals surface area (Å²) < 4.78 is 26.9. The lowest BCUT2D eigenvalue weighted by atomic mass is 10.0. The summed E-state index contributed by atoms with van der Waals surface area (Å²) in [5.74, 6) is -0.187. The summed E-state index contributed by atoms with van der Waals surface area (Å²) in [7, 11) is 1.63. The maximum atomic E-state index is 13.7. The van der Waals surface area contributed by atoms with Crippen LogP contribution in [0, 0.1) is 17.6 Å². The van der Waals surface area contributed by atoms with E-state index in [4.69, 9.17) is 0 Å². The minimum atomic E-state index is -0.469. The maximum absolute atomic E-state index is 13.7. The van der Waals surface area contributed by atoms with Gasteiger partial charge in [-0.15, -0.1) is 24.0 Å². The zero-order valence-electron chi connectivity index (χ0n) is 15.4. The predicted octanol–water partition coefficient (Wildman–Crippen LogP) is 2.89. The molecular weight excluding hydrogens is 453 g/mol. The number of piperidine rings is 1. The van der Waals surface area contributed by atoms with Crippen molar-refractivity contribution < 1.29 is 13.6 Å². The minimum absolute atomic E-state index is 0. The fourth-order valence-electron chi connectivity index (χ4n) is 2.86. The quantitative estimate of drug-likeness (QED) is 0.396. The van der Waals surface area contributed by atoms with Crippen LogP contribution in [0.4, 0.5) is 8.78 Å². The summed E-state index contributed by atoms with van der Waals surface area (Å²) in [4.78, 5) is 18.0. The Labute approximate surface area is 170 Å². The molecule has 1 aliphatic rings. The van der Waals surface area contributed by atoms with Crippen LogP contribution in [-0.2, 0) is 11.3 Å². The predicted molar refractivity (Wildman–Crippen MR) is 110 cm³/mol. The van der Waals surface area contributed by atoms with Gasteiger partial charge in [0.15, 0.2) is 5.96 Å². The number of carbonyl (C=O) groups is 1. The van der Waals surface area contributed by atoms with Crippen molar-refractivity contribution in [2.45, 2.75) is 39.3 Å². The molecule has 1 saturated heterocycles. The third-order valence-corrected chi connectivity index (χ3v) is 4.32. The van der Waals surface area contributed by atoms with E-state index in [-0.39, 0.29) is 54.0 Å². The van der Waals surface area contributed by atoms with E-state index in [1.807, 2.05) is 18.7 Å². The van der Waals surface area contributed by atoms with Crippen LogP contribution in [0.5, 0.6) is 0 Å². The molecule has 0 aromatic heterocycles. The van der Waals surface area contributed by atoms with E-state index in [1.54, 1.807) is 7.05 Å². The summed E-state index contributed by atoms with van der Waals surface area (Å²) in [5.41, 5.74) is 0.250. The Kier molecular flexibility index (Phi) is 9.24. The Balaban J connectivity index is 0.00000338. The van der Waals surface area contributed by atoms with E-state index >= 15 is 0 Å². The summed E-state index contributed by atoms with van der Waals surface area (Å²) in [6, 6.07) is 3.58. The van der Waals surface area contributed by atoms with E-state index < -0.39 is 11.6 Å². The first-order valence-corrected chi connectivity index (χ1v) is 8.60. The van der Waals surface area contributed by atoms with E-state index in [1.165, 1.54) is 6.07 Å². The number of nitrogens with one attached hydrogen (secondary N) is 2. The van der Waals surface area contributed by atoms with Crippen LogP contribution in [0.3, 0.4) is 0 Å². The van der Waals surface area contributed by atoms with Gasteiger partial charge in [-0.3, -0.25) is 9.79 Å². The average molecular weight is 480 g/mol. The first-order valence-electron chi connectivity index (χ1n) is 8.60. The van der Waals surface area contributed by atoms with Crippen LogP contribution < -0.4 is 10.6 Å². The third kappa shape index (κ3) is 6.37. The zero-order chi connectivity index (χ0) is 18.4.